The number of hydrogen-bond donors (Lipinski definition) is 2. The normalized spacial score (nSPS) is 11.0. The van der Waals surface area contributed by atoms with E-state index in [1.54, 1.807) is 6.08 Å². The number of rotatable bonds is 10. The van der Waals surface area contributed by atoms with Crippen LogP contribution in [0.1, 0.15) is 24.8 Å². The Kier molecular flexibility index (Phi) is 9.15. The van der Waals surface area contributed by atoms with E-state index in [0.717, 1.165) is 24.9 Å². The third kappa shape index (κ3) is 9.21. The van der Waals surface area contributed by atoms with Crippen molar-refractivity contribution in [3.63, 3.8) is 0 Å². The van der Waals surface area contributed by atoms with Gasteiger partial charge in [0.05, 0.1) is 0 Å². The van der Waals surface area contributed by atoms with Crippen molar-refractivity contribution < 1.29 is 9.59 Å². The first kappa shape index (κ1) is 20.2. The Balaban J connectivity index is 1.53. The maximum Gasteiger partial charge on any atom is 0.243 e. The molecule has 2 rings (SSSR count). The molecule has 140 valence electrons. The Labute approximate surface area is 161 Å². The van der Waals surface area contributed by atoms with Crippen LogP contribution in [0.15, 0.2) is 85.0 Å². The molecule has 0 fully saturated rings. The summed E-state index contributed by atoms with van der Waals surface area (Å²) in [6.07, 6.45) is 9.90. The molecule has 0 aliphatic carbocycles. The number of carbonyl (C=O) groups is 2. The second-order valence-electron chi connectivity index (χ2n) is 6.12. The predicted molar refractivity (Wildman–Crippen MR) is 110 cm³/mol. The van der Waals surface area contributed by atoms with Gasteiger partial charge in [-0.2, -0.15) is 0 Å². The van der Waals surface area contributed by atoms with E-state index in [9.17, 15) is 9.59 Å². The van der Waals surface area contributed by atoms with Gasteiger partial charge >= 0.3 is 0 Å². The highest BCUT2D eigenvalue weighted by atomic mass is 16.2. The Hall–Kier alpha value is -3.14. The lowest BCUT2D eigenvalue weighted by atomic mass is 10.1. The minimum absolute atomic E-state index is 0.0166. The number of hydrogen-bond acceptors (Lipinski definition) is 2. The van der Waals surface area contributed by atoms with E-state index in [4.69, 9.17) is 0 Å². The Bertz CT molecular complexity index is 752. The average Bonchev–Trinajstić information content (AvgIpc) is 2.69. The summed E-state index contributed by atoms with van der Waals surface area (Å²) in [4.78, 5) is 23.5. The minimum atomic E-state index is -0.0992. The highest BCUT2D eigenvalue weighted by molar-refractivity contribution is 5.90. The van der Waals surface area contributed by atoms with E-state index in [1.807, 2.05) is 72.8 Å². The van der Waals surface area contributed by atoms with Crippen molar-refractivity contribution in [1.82, 2.24) is 5.32 Å². The number of anilines is 1. The van der Waals surface area contributed by atoms with Crippen LogP contribution in [0.2, 0.25) is 0 Å². The first-order chi connectivity index (χ1) is 13.2. The van der Waals surface area contributed by atoms with Crippen molar-refractivity contribution in [3.8, 4) is 0 Å². The van der Waals surface area contributed by atoms with Crippen LogP contribution >= 0.6 is 0 Å². The lowest BCUT2D eigenvalue weighted by Crippen LogP contribution is -2.23. The van der Waals surface area contributed by atoms with Gasteiger partial charge in [-0.15, -0.1) is 0 Å². The lowest BCUT2D eigenvalue weighted by Gasteiger charge is -2.03. The van der Waals surface area contributed by atoms with Gasteiger partial charge in [-0.05, 0) is 37.0 Å². The van der Waals surface area contributed by atoms with Crippen LogP contribution in [0, 0.1) is 0 Å². The van der Waals surface area contributed by atoms with Crippen molar-refractivity contribution >= 4 is 17.5 Å². The molecule has 27 heavy (non-hydrogen) atoms. The van der Waals surface area contributed by atoms with Crippen LogP contribution in [0.4, 0.5) is 5.69 Å². The topological polar surface area (TPSA) is 58.2 Å². The monoisotopic (exact) mass is 362 g/mol. The van der Waals surface area contributed by atoms with Crippen LogP contribution in [-0.2, 0) is 16.0 Å². The molecule has 0 aromatic heterocycles. The molecule has 0 saturated carbocycles. The molecule has 0 aliphatic rings. The second-order valence-corrected chi connectivity index (χ2v) is 6.12. The molecule has 0 atom stereocenters. The number of para-hydroxylation sites is 1. The predicted octanol–water partition coefficient (Wildman–Crippen LogP) is 4.27. The van der Waals surface area contributed by atoms with Crippen molar-refractivity contribution in [2.75, 3.05) is 11.9 Å². The van der Waals surface area contributed by atoms with Crippen LogP contribution in [0.3, 0.4) is 0 Å². The third-order valence-electron chi connectivity index (χ3n) is 3.88. The van der Waals surface area contributed by atoms with Crippen molar-refractivity contribution in [2.45, 2.75) is 25.7 Å². The first-order valence-electron chi connectivity index (χ1n) is 9.24. The zero-order valence-electron chi connectivity index (χ0n) is 15.4. The van der Waals surface area contributed by atoms with Gasteiger partial charge in [0.25, 0.3) is 0 Å². The summed E-state index contributed by atoms with van der Waals surface area (Å²) >= 11 is 0. The van der Waals surface area contributed by atoms with Gasteiger partial charge in [-0.1, -0.05) is 66.8 Å². The highest BCUT2D eigenvalue weighted by Crippen LogP contribution is 2.07. The van der Waals surface area contributed by atoms with Crippen LogP contribution < -0.4 is 10.6 Å². The fourth-order valence-corrected chi connectivity index (χ4v) is 2.48. The quantitative estimate of drug-likeness (QED) is 0.377. The van der Waals surface area contributed by atoms with Gasteiger partial charge in [0.15, 0.2) is 0 Å². The zero-order chi connectivity index (χ0) is 19.2. The summed E-state index contributed by atoms with van der Waals surface area (Å²) in [6, 6.07) is 19.5. The molecular formula is C23H26N2O2. The molecule has 0 saturated heterocycles. The molecule has 0 radical (unpaired) electrons. The molecule has 2 N–H and O–H groups in total. The smallest absolute Gasteiger partial charge is 0.243 e. The largest absolute Gasteiger partial charge is 0.352 e. The number of unbranched alkanes of at least 4 members (excludes halogenated alkanes) is 1. The number of carbonyl (C=O) groups excluding carboxylic acids is 2. The molecule has 2 aromatic carbocycles. The van der Waals surface area contributed by atoms with E-state index < -0.39 is 0 Å². The summed E-state index contributed by atoms with van der Waals surface area (Å²) < 4.78 is 0. The van der Waals surface area contributed by atoms with E-state index >= 15 is 0 Å². The van der Waals surface area contributed by atoms with Gasteiger partial charge in [-0.3, -0.25) is 9.59 Å². The average molecular weight is 362 g/mol. The van der Waals surface area contributed by atoms with E-state index in [1.165, 1.54) is 11.6 Å². The summed E-state index contributed by atoms with van der Waals surface area (Å²) in [5.74, 6) is -0.0826. The van der Waals surface area contributed by atoms with Crippen LogP contribution in [0.25, 0.3) is 0 Å². The summed E-state index contributed by atoms with van der Waals surface area (Å²) in [5, 5.41) is 5.72. The Morgan fingerprint density at radius 2 is 1.59 bits per heavy atom. The summed E-state index contributed by atoms with van der Waals surface area (Å²) in [5.41, 5.74) is 2.03. The summed E-state index contributed by atoms with van der Waals surface area (Å²) in [6.45, 7) is 0.618. The van der Waals surface area contributed by atoms with E-state index in [2.05, 4.69) is 10.6 Å². The molecule has 2 aromatic rings. The number of amides is 2. The lowest BCUT2D eigenvalue weighted by molar-refractivity contribution is -0.117. The van der Waals surface area contributed by atoms with Crippen molar-refractivity contribution in [3.05, 3.63) is 90.5 Å². The Morgan fingerprint density at radius 1 is 0.889 bits per heavy atom. The first-order valence-corrected chi connectivity index (χ1v) is 9.24. The maximum atomic E-state index is 11.8. The molecule has 2 amide bonds. The second kappa shape index (κ2) is 12.3. The molecule has 4 nitrogen and oxygen atoms in total. The fourth-order valence-electron chi connectivity index (χ4n) is 2.48. The SMILES string of the molecule is O=C(/C=C/C=C/CCCC(=O)Nc1ccccc1)NCCc1ccccc1. The number of nitrogens with one attached hydrogen (secondary N) is 2. The molecule has 0 heterocycles. The molecule has 0 aliphatic heterocycles. The van der Waals surface area contributed by atoms with Crippen LogP contribution in [-0.4, -0.2) is 18.4 Å². The molecule has 0 spiro atoms. The van der Waals surface area contributed by atoms with Crippen molar-refractivity contribution in [2.24, 2.45) is 0 Å². The highest BCUT2D eigenvalue weighted by Gasteiger charge is 2.00. The molecule has 4 heteroatoms. The Morgan fingerprint density at radius 3 is 2.33 bits per heavy atom. The molecule has 0 bridgehead atoms. The van der Waals surface area contributed by atoms with E-state index in [0.29, 0.717) is 13.0 Å². The standard InChI is InChI=1S/C23H26N2O2/c26-22(24-19-18-20-12-6-4-7-13-20)16-10-2-1-3-11-17-23(27)25-21-14-8-5-9-15-21/h1-2,4-10,12-16H,3,11,17-19H2,(H,24,26)(H,25,27)/b2-1+,16-10+. The zero-order valence-corrected chi connectivity index (χ0v) is 15.4. The van der Waals surface area contributed by atoms with Gasteiger partial charge in [0.2, 0.25) is 11.8 Å². The maximum absolute atomic E-state index is 11.8. The van der Waals surface area contributed by atoms with Gasteiger partial charge < -0.3 is 10.6 Å². The van der Waals surface area contributed by atoms with Crippen LogP contribution in [0.5, 0.6) is 0 Å². The van der Waals surface area contributed by atoms with E-state index in [-0.39, 0.29) is 11.8 Å². The third-order valence-corrected chi connectivity index (χ3v) is 3.88. The molecule has 0 unspecified atom stereocenters. The molecular weight excluding hydrogens is 336 g/mol. The summed E-state index contributed by atoms with van der Waals surface area (Å²) in [7, 11) is 0. The van der Waals surface area contributed by atoms with Gasteiger partial charge in [0, 0.05) is 24.7 Å². The fraction of sp³-hybridized carbons (Fsp3) is 0.217. The van der Waals surface area contributed by atoms with Crippen molar-refractivity contribution in [1.29, 1.82) is 0 Å². The number of benzene rings is 2. The van der Waals surface area contributed by atoms with Gasteiger partial charge in [-0.25, -0.2) is 0 Å². The van der Waals surface area contributed by atoms with Gasteiger partial charge in [0.1, 0.15) is 0 Å². The number of allylic oxidation sites excluding steroid dienone is 3. The minimum Gasteiger partial charge on any atom is -0.352 e.